The highest BCUT2D eigenvalue weighted by Gasteiger charge is 2.38. The van der Waals surface area contributed by atoms with Crippen LogP contribution in [0.25, 0.3) is 21.3 Å². The number of fused-ring (bicyclic) bond motifs is 2. The van der Waals surface area contributed by atoms with E-state index in [-0.39, 0.29) is 23.9 Å². The lowest BCUT2D eigenvalue weighted by molar-refractivity contribution is -0.136. The zero-order valence-electron chi connectivity index (χ0n) is 24.1. The molecule has 1 aliphatic heterocycles. The fraction of sp³-hybridized carbons (Fsp3) is 0.441. The Balaban J connectivity index is 1.03. The fourth-order valence-corrected chi connectivity index (χ4v) is 8.05. The third-order valence-electron chi connectivity index (χ3n) is 9.74. The Kier molecular flexibility index (Phi) is 7.24. The summed E-state index contributed by atoms with van der Waals surface area (Å²) in [4.78, 5) is 34.4. The van der Waals surface area contributed by atoms with Crippen molar-refractivity contribution < 1.29 is 9.90 Å². The van der Waals surface area contributed by atoms with Gasteiger partial charge in [-0.05, 0) is 85.7 Å². The number of aliphatic hydroxyl groups is 1. The number of carbonyl (C=O) groups is 1. The van der Waals surface area contributed by atoms with Gasteiger partial charge in [0, 0.05) is 30.9 Å². The maximum Gasteiger partial charge on any atom is 0.262 e. The fourth-order valence-electron chi connectivity index (χ4n) is 7.06. The minimum Gasteiger partial charge on any atom is -0.388 e. The monoisotopic (exact) mass is 582 g/mol. The van der Waals surface area contributed by atoms with Crippen molar-refractivity contribution in [3.05, 3.63) is 87.3 Å². The van der Waals surface area contributed by atoms with E-state index in [0.29, 0.717) is 49.7 Å². The van der Waals surface area contributed by atoms with Gasteiger partial charge >= 0.3 is 0 Å². The molecule has 2 atom stereocenters. The Labute approximate surface area is 250 Å². The molecule has 42 heavy (non-hydrogen) atoms. The van der Waals surface area contributed by atoms with Crippen molar-refractivity contribution in [2.24, 2.45) is 5.92 Å². The maximum absolute atomic E-state index is 13.5. The molecule has 2 aromatic carbocycles. The summed E-state index contributed by atoms with van der Waals surface area (Å²) in [6.07, 6.45) is 7.53. The molecule has 1 amide bonds. The Morgan fingerprint density at radius 1 is 1.14 bits per heavy atom. The highest BCUT2D eigenvalue weighted by atomic mass is 32.1. The Morgan fingerprint density at radius 2 is 1.93 bits per heavy atom. The molecule has 7 nitrogen and oxygen atoms in total. The first-order valence-electron chi connectivity index (χ1n) is 15.2. The minimum absolute atomic E-state index is 0.124. The second-order valence-electron chi connectivity index (χ2n) is 12.5. The molecular formula is C34H38N4O3S. The first-order chi connectivity index (χ1) is 20.4. The van der Waals surface area contributed by atoms with Crippen LogP contribution in [-0.2, 0) is 17.8 Å². The zero-order valence-corrected chi connectivity index (χ0v) is 24.9. The molecule has 0 radical (unpaired) electrons. The van der Waals surface area contributed by atoms with Gasteiger partial charge in [0.15, 0.2) is 0 Å². The molecule has 218 valence electrons. The predicted molar refractivity (Wildman–Crippen MR) is 167 cm³/mol. The largest absolute Gasteiger partial charge is 0.388 e. The Hall–Kier alpha value is -3.33. The zero-order chi connectivity index (χ0) is 28.8. The van der Waals surface area contributed by atoms with Gasteiger partial charge in [0.2, 0.25) is 5.91 Å². The van der Waals surface area contributed by atoms with Gasteiger partial charge in [0.25, 0.3) is 5.56 Å². The van der Waals surface area contributed by atoms with E-state index >= 15 is 0 Å². The molecule has 0 spiro atoms. The lowest BCUT2D eigenvalue weighted by atomic mass is 9.88. The van der Waals surface area contributed by atoms with Crippen LogP contribution in [0.15, 0.2) is 65.0 Å². The van der Waals surface area contributed by atoms with E-state index in [1.165, 1.54) is 29.5 Å². The predicted octanol–water partition coefficient (Wildman–Crippen LogP) is 5.27. The van der Waals surface area contributed by atoms with Crippen LogP contribution in [0, 0.1) is 5.92 Å². The number of benzene rings is 2. The van der Waals surface area contributed by atoms with Crippen LogP contribution in [0.2, 0.25) is 0 Å². The second kappa shape index (κ2) is 11.1. The Morgan fingerprint density at radius 3 is 2.67 bits per heavy atom. The second-order valence-corrected chi connectivity index (χ2v) is 13.3. The summed E-state index contributed by atoms with van der Waals surface area (Å²) >= 11 is 1.55. The lowest BCUT2D eigenvalue weighted by Crippen LogP contribution is -2.49. The summed E-state index contributed by atoms with van der Waals surface area (Å²) in [5, 5.41) is 17.3. The van der Waals surface area contributed by atoms with Gasteiger partial charge in [-0.1, -0.05) is 42.5 Å². The molecule has 1 saturated carbocycles. The molecule has 1 saturated heterocycles. The minimum atomic E-state index is -1.05. The molecule has 4 aromatic rings. The molecule has 2 fully saturated rings. The van der Waals surface area contributed by atoms with Crippen molar-refractivity contribution >= 4 is 28.1 Å². The van der Waals surface area contributed by atoms with Crippen LogP contribution < -0.4 is 10.9 Å². The number of carbonyl (C=O) groups excluding carboxylic acids is 1. The number of hydrogen-bond acceptors (Lipinski definition) is 6. The molecule has 0 bridgehead atoms. The molecule has 2 aliphatic carbocycles. The number of likely N-dealkylation sites (tertiary alicyclic amines) is 1. The van der Waals surface area contributed by atoms with E-state index in [9.17, 15) is 14.7 Å². The average Bonchev–Trinajstić information content (AvgIpc) is 3.62. The Bertz CT molecular complexity index is 1670. The van der Waals surface area contributed by atoms with Gasteiger partial charge in [0.05, 0.1) is 34.3 Å². The number of hydrogen-bond donors (Lipinski definition) is 2. The van der Waals surface area contributed by atoms with E-state index < -0.39 is 5.60 Å². The number of amides is 1. The average molecular weight is 583 g/mol. The first-order valence-corrected chi connectivity index (χ1v) is 16.1. The SMILES string of the molecule is CNC1CCc2cc(-c3scc4c(=O)n(CC5(O)CCN(C(=O)CC(c6ccccc6)C6CC6)CC5)cnc34)ccc21. The molecule has 2 N–H and O–H groups in total. The number of aryl methyl sites for hydroxylation is 1. The maximum atomic E-state index is 13.5. The van der Waals surface area contributed by atoms with Crippen molar-refractivity contribution in [1.29, 1.82) is 0 Å². The van der Waals surface area contributed by atoms with E-state index in [4.69, 9.17) is 4.98 Å². The van der Waals surface area contributed by atoms with E-state index in [1.807, 2.05) is 35.5 Å². The van der Waals surface area contributed by atoms with Gasteiger partial charge in [-0.25, -0.2) is 4.98 Å². The first kappa shape index (κ1) is 27.5. The summed E-state index contributed by atoms with van der Waals surface area (Å²) < 4.78 is 1.55. The van der Waals surface area contributed by atoms with Crippen molar-refractivity contribution in [1.82, 2.24) is 19.8 Å². The van der Waals surface area contributed by atoms with Gasteiger partial charge in [-0.3, -0.25) is 14.2 Å². The van der Waals surface area contributed by atoms with Crippen molar-refractivity contribution in [2.45, 2.75) is 69.1 Å². The van der Waals surface area contributed by atoms with Gasteiger partial charge in [0.1, 0.15) is 0 Å². The standard InChI is InChI=1S/C34H38N4O3S/c1-35-29-12-10-24-17-25(9-11-26(24)29)32-31-28(19-42-32)33(40)38(21-36-31)20-34(41)13-15-37(16-14-34)30(39)18-27(23-7-8-23)22-5-3-2-4-6-22/h2-6,9,11,17,19,21,23,27,29,35,41H,7-8,10,12-16,18,20H2,1H3. The van der Waals surface area contributed by atoms with E-state index in [1.54, 1.807) is 22.2 Å². The normalized spacial score (nSPS) is 20.5. The van der Waals surface area contributed by atoms with Crippen LogP contribution in [0.1, 0.15) is 67.2 Å². The smallest absolute Gasteiger partial charge is 0.262 e. The summed E-state index contributed by atoms with van der Waals surface area (Å²) in [5.74, 6) is 1.03. The number of piperidine rings is 1. The quantitative estimate of drug-likeness (QED) is 0.296. The van der Waals surface area contributed by atoms with Crippen LogP contribution in [-0.4, -0.2) is 51.2 Å². The molecule has 2 unspecified atom stereocenters. The molecular weight excluding hydrogens is 544 g/mol. The number of nitrogens with zero attached hydrogens (tertiary/aromatic N) is 3. The third kappa shape index (κ3) is 5.21. The van der Waals surface area contributed by atoms with E-state index in [0.717, 1.165) is 28.8 Å². The van der Waals surface area contributed by atoms with Crippen molar-refractivity contribution in [3.8, 4) is 10.4 Å². The van der Waals surface area contributed by atoms with Gasteiger partial charge < -0.3 is 15.3 Å². The molecule has 7 rings (SSSR count). The van der Waals surface area contributed by atoms with Gasteiger partial charge in [-0.2, -0.15) is 0 Å². The van der Waals surface area contributed by atoms with Crippen molar-refractivity contribution in [3.63, 3.8) is 0 Å². The molecule has 8 heteroatoms. The molecule has 3 heterocycles. The summed E-state index contributed by atoms with van der Waals surface area (Å²) in [6, 6.07) is 17.4. The van der Waals surface area contributed by atoms with E-state index in [2.05, 4.69) is 35.6 Å². The van der Waals surface area contributed by atoms with Crippen LogP contribution in [0.4, 0.5) is 0 Å². The lowest BCUT2D eigenvalue weighted by Gasteiger charge is -2.39. The highest BCUT2D eigenvalue weighted by molar-refractivity contribution is 7.15. The molecule has 3 aliphatic rings. The topological polar surface area (TPSA) is 87.5 Å². The number of thiophene rings is 1. The van der Waals surface area contributed by atoms with Crippen molar-refractivity contribution in [2.75, 3.05) is 20.1 Å². The summed E-state index contributed by atoms with van der Waals surface area (Å²) in [7, 11) is 2.01. The van der Waals surface area contributed by atoms with Crippen LogP contribution >= 0.6 is 11.3 Å². The summed E-state index contributed by atoms with van der Waals surface area (Å²) in [6.45, 7) is 1.18. The van der Waals surface area contributed by atoms with Gasteiger partial charge in [-0.15, -0.1) is 11.3 Å². The number of aromatic nitrogens is 2. The van der Waals surface area contributed by atoms with Crippen LogP contribution in [0.3, 0.4) is 0 Å². The number of nitrogens with one attached hydrogen (secondary N) is 1. The van der Waals surface area contributed by atoms with Crippen LogP contribution in [0.5, 0.6) is 0 Å². The molecule has 2 aromatic heterocycles. The summed E-state index contributed by atoms with van der Waals surface area (Å²) in [5.41, 5.74) is 4.62. The third-order valence-corrected chi connectivity index (χ3v) is 10.8. The highest BCUT2D eigenvalue weighted by Crippen LogP contribution is 2.45. The number of rotatable bonds is 8.